The minimum Gasteiger partial charge on any atom is -0.482 e. The van der Waals surface area contributed by atoms with Crippen LogP contribution in [0.2, 0.25) is 0 Å². The molecule has 0 atom stereocenters. The fourth-order valence-corrected chi connectivity index (χ4v) is 5.16. The second-order valence-corrected chi connectivity index (χ2v) is 10.5. The molecule has 10 heteroatoms. The molecule has 0 fully saturated rings. The zero-order valence-electron chi connectivity index (χ0n) is 23.0. The number of esters is 1. The number of aryl methyl sites for hydroxylation is 1. The topological polar surface area (TPSA) is 64.8 Å². The molecular weight excluding hydrogens is 553 g/mol. The number of furan rings is 1. The van der Waals surface area contributed by atoms with E-state index in [1.54, 1.807) is 24.9 Å². The van der Waals surface area contributed by atoms with Crippen LogP contribution in [-0.4, -0.2) is 36.1 Å². The summed E-state index contributed by atoms with van der Waals surface area (Å²) in [5.41, 5.74) is 2.76. The Morgan fingerprint density at radius 1 is 1.07 bits per heavy atom. The van der Waals surface area contributed by atoms with E-state index in [2.05, 4.69) is 9.88 Å². The average molecular weight is 585 g/mol. The first-order chi connectivity index (χ1) is 19.6. The van der Waals surface area contributed by atoms with E-state index in [9.17, 15) is 18.0 Å². The minimum atomic E-state index is -4.40. The van der Waals surface area contributed by atoms with Gasteiger partial charge in [-0.15, -0.1) is 11.8 Å². The Morgan fingerprint density at radius 3 is 2.51 bits per heavy atom. The summed E-state index contributed by atoms with van der Waals surface area (Å²) in [4.78, 5) is 18.9. The average Bonchev–Trinajstić information content (AvgIpc) is 3.34. The van der Waals surface area contributed by atoms with Crippen molar-refractivity contribution in [1.82, 2.24) is 9.88 Å². The lowest BCUT2D eigenvalue weighted by molar-refractivity contribution is -0.145. The van der Waals surface area contributed by atoms with Crippen molar-refractivity contribution in [3.8, 4) is 17.1 Å². The third kappa shape index (κ3) is 8.61. The van der Waals surface area contributed by atoms with Crippen LogP contribution in [0.15, 0.2) is 82.4 Å². The Balaban J connectivity index is 1.51. The summed E-state index contributed by atoms with van der Waals surface area (Å²) >= 11 is 1.60. The number of hydrogen-bond donors (Lipinski definition) is 0. The molecule has 41 heavy (non-hydrogen) atoms. The van der Waals surface area contributed by atoms with Gasteiger partial charge in [-0.2, -0.15) is 13.2 Å². The molecule has 216 valence electrons. The van der Waals surface area contributed by atoms with Crippen molar-refractivity contribution >= 4 is 17.7 Å². The number of aromatic nitrogens is 1. The van der Waals surface area contributed by atoms with Crippen LogP contribution in [0, 0.1) is 6.92 Å². The van der Waals surface area contributed by atoms with Crippen LogP contribution in [0.3, 0.4) is 0 Å². The summed E-state index contributed by atoms with van der Waals surface area (Å²) in [6.07, 6.45) is -0.866. The number of alkyl halides is 3. The number of carbonyl (C=O) groups excluding carboxylic acids is 1. The highest BCUT2D eigenvalue weighted by Gasteiger charge is 2.30. The predicted molar refractivity (Wildman–Crippen MR) is 151 cm³/mol. The van der Waals surface area contributed by atoms with E-state index < -0.39 is 17.7 Å². The van der Waals surface area contributed by atoms with Gasteiger partial charge in [-0.25, -0.2) is 4.79 Å². The Labute approximate surface area is 241 Å². The molecule has 0 unspecified atom stereocenters. The van der Waals surface area contributed by atoms with E-state index in [1.807, 2.05) is 56.6 Å². The summed E-state index contributed by atoms with van der Waals surface area (Å²) in [5.74, 6) is 2.02. The molecule has 2 aromatic heterocycles. The predicted octanol–water partition coefficient (Wildman–Crippen LogP) is 7.54. The number of halogens is 3. The van der Waals surface area contributed by atoms with E-state index in [0.29, 0.717) is 42.5 Å². The van der Waals surface area contributed by atoms with Crippen molar-refractivity contribution in [3.05, 3.63) is 101 Å². The second-order valence-electron chi connectivity index (χ2n) is 9.48. The maximum atomic E-state index is 13.1. The first-order valence-electron chi connectivity index (χ1n) is 13.0. The summed E-state index contributed by atoms with van der Waals surface area (Å²) in [6, 6.07) is 16.5. The standard InChI is InChI=1S/C31H31F3N2O4S/c1-4-38-30(37)19-39-27-12-11-26(14-21(27)2)41-20-24-15-28(23-7-9-25(10-8-23)31(32,33)34)40-29(24)18-36(3)17-22-6-5-13-35-16-22/h5-16H,4,17-20H2,1-3H3. The number of ether oxygens (including phenoxy) is 2. The number of hydrogen-bond acceptors (Lipinski definition) is 7. The molecular formula is C31H31F3N2O4S. The zero-order chi connectivity index (χ0) is 29.4. The van der Waals surface area contributed by atoms with Crippen molar-refractivity contribution in [2.45, 2.75) is 43.8 Å². The van der Waals surface area contributed by atoms with Gasteiger partial charge in [0.25, 0.3) is 0 Å². The zero-order valence-corrected chi connectivity index (χ0v) is 23.8. The van der Waals surface area contributed by atoms with Crippen molar-refractivity contribution in [2.75, 3.05) is 20.3 Å². The smallest absolute Gasteiger partial charge is 0.416 e. The van der Waals surface area contributed by atoms with E-state index in [1.165, 1.54) is 12.1 Å². The van der Waals surface area contributed by atoms with Crippen LogP contribution >= 0.6 is 11.8 Å². The molecule has 0 aliphatic rings. The lowest BCUT2D eigenvalue weighted by Crippen LogP contribution is -2.17. The Kier molecular flexibility index (Phi) is 10.1. The summed E-state index contributed by atoms with van der Waals surface area (Å²) in [5, 5.41) is 0. The highest BCUT2D eigenvalue weighted by atomic mass is 32.2. The lowest BCUT2D eigenvalue weighted by Gasteiger charge is -2.16. The largest absolute Gasteiger partial charge is 0.482 e. The fraction of sp³-hybridized carbons (Fsp3) is 0.290. The summed E-state index contributed by atoms with van der Waals surface area (Å²) in [6.45, 7) is 4.95. The van der Waals surface area contributed by atoms with Crippen LogP contribution in [0.25, 0.3) is 11.3 Å². The lowest BCUT2D eigenvalue weighted by atomic mass is 10.1. The molecule has 0 spiro atoms. The van der Waals surface area contributed by atoms with E-state index >= 15 is 0 Å². The highest BCUT2D eigenvalue weighted by Crippen LogP contribution is 2.35. The van der Waals surface area contributed by atoms with Gasteiger partial charge in [0, 0.05) is 40.7 Å². The number of carbonyl (C=O) groups is 1. The van der Waals surface area contributed by atoms with E-state index in [4.69, 9.17) is 13.9 Å². The molecule has 2 heterocycles. The molecule has 4 rings (SSSR count). The van der Waals surface area contributed by atoms with Gasteiger partial charge in [-0.3, -0.25) is 9.88 Å². The quantitative estimate of drug-likeness (QED) is 0.126. The molecule has 4 aromatic rings. The third-order valence-electron chi connectivity index (χ3n) is 6.17. The van der Waals surface area contributed by atoms with Crippen molar-refractivity contribution in [2.24, 2.45) is 0 Å². The summed E-state index contributed by atoms with van der Waals surface area (Å²) < 4.78 is 55.9. The monoisotopic (exact) mass is 584 g/mol. The van der Waals surface area contributed by atoms with Gasteiger partial charge >= 0.3 is 12.1 Å². The molecule has 0 saturated carbocycles. The first kappa shape index (κ1) is 30.2. The van der Waals surface area contributed by atoms with Crippen molar-refractivity contribution in [1.29, 1.82) is 0 Å². The molecule has 0 saturated heterocycles. The molecule has 2 aromatic carbocycles. The number of benzene rings is 2. The number of nitrogens with zero attached hydrogens (tertiary/aromatic N) is 2. The molecule has 0 bridgehead atoms. The van der Waals surface area contributed by atoms with Gasteiger partial charge < -0.3 is 13.9 Å². The van der Waals surface area contributed by atoms with Gasteiger partial charge in [0.1, 0.15) is 17.3 Å². The van der Waals surface area contributed by atoms with Crippen molar-refractivity contribution in [3.63, 3.8) is 0 Å². The summed E-state index contributed by atoms with van der Waals surface area (Å²) in [7, 11) is 1.97. The molecule has 0 aliphatic heterocycles. The second kappa shape index (κ2) is 13.7. The van der Waals surface area contributed by atoms with Crippen LogP contribution in [0.5, 0.6) is 5.75 Å². The van der Waals surface area contributed by atoms with Crippen molar-refractivity contribution < 1.29 is 31.9 Å². The van der Waals surface area contributed by atoms with Crippen LogP contribution < -0.4 is 4.74 Å². The molecule has 0 aliphatic carbocycles. The molecule has 0 radical (unpaired) electrons. The Hall–Kier alpha value is -3.76. The SMILES string of the molecule is CCOC(=O)COc1ccc(SCc2cc(-c3ccc(C(F)(F)F)cc3)oc2CN(C)Cc2cccnc2)cc1C. The van der Waals surface area contributed by atoms with Crippen LogP contribution in [0.1, 0.15) is 34.9 Å². The van der Waals surface area contributed by atoms with Crippen LogP contribution in [-0.2, 0) is 34.6 Å². The van der Waals surface area contributed by atoms with E-state index in [0.717, 1.165) is 39.5 Å². The normalized spacial score (nSPS) is 11.6. The first-order valence-corrected chi connectivity index (χ1v) is 14.0. The number of pyridine rings is 1. The maximum Gasteiger partial charge on any atom is 0.416 e. The fourth-order valence-electron chi connectivity index (χ4n) is 4.17. The number of rotatable bonds is 12. The minimum absolute atomic E-state index is 0.154. The molecule has 0 amide bonds. The third-order valence-corrected chi connectivity index (χ3v) is 7.22. The van der Waals surface area contributed by atoms with E-state index in [-0.39, 0.29) is 6.61 Å². The highest BCUT2D eigenvalue weighted by molar-refractivity contribution is 7.98. The maximum absolute atomic E-state index is 13.1. The van der Waals surface area contributed by atoms with Gasteiger partial charge in [-0.1, -0.05) is 18.2 Å². The Morgan fingerprint density at radius 2 is 1.85 bits per heavy atom. The Bertz CT molecular complexity index is 1440. The van der Waals surface area contributed by atoms with Crippen LogP contribution in [0.4, 0.5) is 13.2 Å². The van der Waals surface area contributed by atoms with Gasteiger partial charge in [0.15, 0.2) is 6.61 Å². The number of thioether (sulfide) groups is 1. The van der Waals surface area contributed by atoms with Gasteiger partial charge in [0.05, 0.1) is 18.7 Å². The van der Waals surface area contributed by atoms with Gasteiger partial charge in [0.2, 0.25) is 0 Å². The van der Waals surface area contributed by atoms with Gasteiger partial charge in [-0.05, 0) is 74.5 Å². The molecule has 6 nitrogen and oxygen atoms in total. The molecule has 0 N–H and O–H groups in total.